The molecular weight excluding hydrogens is 410 g/mol. The first-order chi connectivity index (χ1) is 12.4. The molecule has 0 radical (unpaired) electrons. The molecule has 0 aliphatic heterocycles. The first kappa shape index (κ1) is 23.0. The lowest BCUT2D eigenvalue weighted by Crippen LogP contribution is -2.26. The van der Waals surface area contributed by atoms with E-state index >= 15 is 0 Å². The average Bonchev–Trinajstić information content (AvgIpc) is 2.58. The molecule has 0 aromatic heterocycles. The second kappa shape index (κ2) is 9.22. The number of allylic oxidation sites excluding steroid dienone is 2. The van der Waals surface area contributed by atoms with Crippen LogP contribution in [-0.2, 0) is 19.1 Å². The molecular formula is C21H28BrNO4. The highest BCUT2D eigenvalue weighted by Gasteiger charge is 2.31. The number of hydrogen-bond donors (Lipinski definition) is 0. The van der Waals surface area contributed by atoms with E-state index in [2.05, 4.69) is 36.7 Å². The summed E-state index contributed by atoms with van der Waals surface area (Å²) >= 11 is 3.66. The van der Waals surface area contributed by atoms with Gasteiger partial charge >= 0.3 is 11.9 Å². The first-order valence-electron chi connectivity index (χ1n) is 8.51. The summed E-state index contributed by atoms with van der Waals surface area (Å²) < 4.78 is 10.3. The fraction of sp³-hybridized carbons (Fsp3) is 0.429. The Morgan fingerprint density at radius 2 is 1.41 bits per heavy atom. The molecule has 0 saturated heterocycles. The predicted octanol–water partition coefficient (Wildman–Crippen LogP) is 4.31. The van der Waals surface area contributed by atoms with Crippen molar-refractivity contribution < 1.29 is 19.1 Å². The van der Waals surface area contributed by atoms with Crippen LogP contribution >= 0.6 is 15.9 Å². The number of benzene rings is 1. The Balaban J connectivity index is 3.95. The maximum absolute atomic E-state index is 12.4. The molecule has 0 fully saturated rings. The number of nitrogens with zero attached hydrogens (tertiary/aromatic N) is 1. The third kappa shape index (κ3) is 5.45. The van der Waals surface area contributed by atoms with Gasteiger partial charge in [0.2, 0.25) is 0 Å². The third-order valence-electron chi connectivity index (χ3n) is 3.98. The lowest BCUT2D eigenvalue weighted by atomic mass is 9.81. The summed E-state index contributed by atoms with van der Waals surface area (Å²) in [6, 6.07) is 8.12. The molecule has 148 valence electrons. The fourth-order valence-electron chi connectivity index (χ4n) is 2.74. The molecule has 1 aromatic rings. The van der Waals surface area contributed by atoms with Crippen LogP contribution in [-0.4, -0.2) is 45.2 Å². The molecule has 0 unspecified atom stereocenters. The molecule has 6 heteroatoms. The van der Waals surface area contributed by atoms with Gasteiger partial charge in [-0.25, -0.2) is 9.59 Å². The van der Waals surface area contributed by atoms with Crippen molar-refractivity contribution in [3.8, 4) is 0 Å². The average molecular weight is 438 g/mol. The number of carbonyl (C=O) groups is 2. The van der Waals surface area contributed by atoms with Gasteiger partial charge in [-0.1, -0.05) is 50.6 Å². The van der Waals surface area contributed by atoms with E-state index in [-0.39, 0.29) is 11.0 Å². The lowest BCUT2D eigenvalue weighted by molar-refractivity contribution is -0.144. The number of aryl methyl sites for hydroxylation is 1. The zero-order chi connectivity index (χ0) is 20.9. The van der Waals surface area contributed by atoms with Crippen molar-refractivity contribution in [2.75, 3.05) is 28.3 Å². The topological polar surface area (TPSA) is 55.8 Å². The van der Waals surface area contributed by atoms with Crippen LogP contribution in [0, 0.1) is 12.3 Å². The van der Waals surface area contributed by atoms with Gasteiger partial charge in [-0.2, -0.15) is 0 Å². The van der Waals surface area contributed by atoms with Gasteiger partial charge in [0, 0.05) is 18.6 Å². The molecule has 1 aromatic carbocycles. The maximum atomic E-state index is 12.4. The number of halogens is 1. The van der Waals surface area contributed by atoms with Crippen molar-refractivity contribution >= 4 is 33.4 Å². The smallest absolute Gasteiger partial charge is 0.347 e. The molecule has 0 bridgehead atoms. The van der Waals surface area contributed by atoms with Gasteiger partial charge in [0.25, 0.3) is 0 Å². The van der Waals surface area contributed by atoms with E-state index in [9.17, 15) is 9.59 Å². The van der Waals surface area contributed by atoms with Crippen molar-refractivity contribution in [2.45, 2.75) is 27.7 Å². The van der Waals surface area contributed by atoms with Crippen LogP contribution in [0.15, 0.2) is 40.0 Å². The van der Waals surface area contributed by atoms with Gasteiger partial charge in [0.15, 0.2) is 5.57 Å². The SMILES string of the molecule is COC(=O)C(C(=O)OC)=C(/C(Br)=C(/c1ccc(C)cc1)C(C)(C)C)N(C)C. The molecule has 0 N–H and O–H groups in total. The quantitative estimate of drug-likeness (QED) is 0.226. The van der Waals surface area contributed by atoms with Crippen LogP contribution < -0.4 is 0 Å². The highest BCUT2D eigenvalue weighted by molar-refractivity contribution is 9.12. The van der Waals surface area contributed by atoms with Crippen LogP contribution in [0.4, 0.5) is 0 Å². The Bertz CT molecular complexity index is 750. The van der Waals surface area contributed by atoms with Gasteiger partial charge in [0.05, 0.1) is 19.9 Å². The van der Waals surface area contributed by atoms with E-state index in [0.29, 0.717) is 10.2 Å². The summed E-state index contributed by atoms with van der Waals surface area (Å²) in [4.78, 5) is 26.4. The van der Waals surface area contributed by atoms with E-state index in [1.54, 1.807) is 19.0 Å². The van der Waals surface area contributed by atoms with Crippen LogP contribution in [0.2, 0.25) is 0 Å². The second-order valence-electron chi connectivity index (χ2n) is 7.41. The van der Waals surface area contributed by atoms with Gasteiger partial charge in [-0.05, 0) is 39.4 Å². The summed E-state index contributed by atoms with van der Waals surface area (Å²) in [6.07, 6.45) is 0. The monoisotopic (exact) mass is 437 g/mol. The summed E-state index contributed by atoms with van der Waals surface area (Å²) in [6.45, 7) is 8.25. The van der Waals surface area contributed by atoms with Crippen molar-refractivity contribution in [3.05, 3.63) is 51.1 Å². The van der Waals surface area contributed by atoms with Crippen molar-refractivity contribution in [3.63, 3.8) is 0 Å². The third-order valence-corrected chi connectivity index (χ3v) is 4.75. The highest BCUT2D eigenvalue weighted by Crippen LogP contribution is 2.42. The predicted molar refractivity (Wildman–Crippen MR) is 111 cm³/mol. The van der Waals surface area contributed by atoms with E-state index < -0.39 is 11.9 Å². The Hall–Kier alpha value is -2.08. The number of ether oxygens (including phenoxy) is 2. The molecule has 0 spiro atoms. The van der Waals surface area contributed by atoms with Crippen molar-refractivity contribution in [1.82, 2.24) is 4.90 Å². The highest BCUT2D eigenvalue weighted by atomic mass is 79.9. The Kier molecular flexibility index (Phi) is 7.84. The van der Waals surface area contributed by atoms with E-state index in [0.717, 1.165) is 16.7 Å². The summed E-state index contributed by atoms with van der Waals surface area (Å²) in [5.74, 6) is -1.50. The zero-order valence-electron chi connectivity index (χ0n) is 17.3. The molecule has 0 saturated carbocycles. The van der Waals surface area contributed by atoms with Gasteiger partial charge in [0.1, 0.15) is 0 Å². The number of methoxy groups -OCH3 is 2. The maximum Gasteiger partial charge on any atom is 0.347 e. The molecule has 5 nitrogen and oxygen atoms in total. The van der Waals surface area contributed by atoms with Crippen LogP contribution in [0.5, 0.6) is 0 Å². The fourth-order valence-corrected chi connectivity index (χ4v) is 4.11. The number of rotatable bonds is 5. The molecule has 1 rings (SSSR count). The van der Waals surface area contributed by atoms with Crippen molar-refractivity contribution in [1.29, 1.82) is 0 Å². The van der Waals surface area contributed by atoms with E-state index in [1.165, 1.54) is 14.2 Å². The Labute approximate surface area is 170 Å². The molecule has 0 amide bonds. The van der Waals surface area contributed by atoms with Crippen molar-refractivity contribution in [2.24, 2.45) is 5.41 Å². The molecule has 0 aliphatic rings. The standard InChI is InChI=1S/C21H28BrNO4/c1-13-9-11-14(12-10-13)16(21(2,3)4)17(22)18(23(5)6)15(19(24)26-7)20(25)27-8/h9-12H,1-8H3/b17-16+. The molecule has 27 heavy (non-hydrogen) atoms. The number of likely N-dealkylation sites (N-methyl/N-ethyl adjacent to an activating group) is 1. The van der Waals surface area contributed by atoms with Gasteiger partial charge in [-0.15, -0.1) is 0 Å². The lowest BCUT2D eigenvalue weighted by Gasteiger charge is -2.29. The van der Waals surface area contributed by atoms with Crippen LogP contribution in [0.3, 0.4) is 0 Å². The first-order valence-corrected chi connectivity index (χ1v) is 9.30. The largest absolute Gasteiger partial charge is 0.465 e. The van der Waals surface area contributed by atoms with Crippen LogP contribution in [0.1, 0.15) is 31.9 Å². The normalized spacial score (nSPS) is 12.0. The summed E-state index contributed by atoms with van der Waals surface area (Å²) in [5, 5.41) is 0. The number of carbonyl (C=O) groups excluding carboxylic acids is 2. The van der Waals surface area contributed by atoms with E-state index in [4.69, 9.17) is 9.47 Å². The van der Waals surface area contributed by atoms with Gasteiger partial charge in [-0.3, -0.25) is 0 Å². The minimum Gasteiger partial charge on any atom is -0.465 e. The number of esters is 2. The molecule has 0 atom stereocenters. The minimum atomic E-state index is -0.750. The number of hydrogen-bond acceptors (Lipinski definition) is 5. The Morgan fingerprint density at radius 1 is 0.963 bits per heavy atom. The molecule has 0 heterocycles. The zero-order valence-corrected chi connectivity index (χ0v) is 18.9. The summed E-state index contributed by atoms with van der Waals surface area (Å²) in [5.41, 5.74) is 3.07. The second-order valence-corrected chi connectivity index (χ2v) is 8.20. The minimum absolute atomic E-state index is 0.161. The Morgan fingerprint density at radius 3 is 1.74 bits per heavy atom. The molecule has 0 aliphatic carbocycles. The van der Waals surface area contributed by atoms with Crippen LogP contribution in [0.25, 0.3) is 5.57 Å². The summed E-state index contributed by atoms with van der Waals surface area (Å²) in [7, 11) is 6.00. The van der Waals surface area contributed by atoms with Gasteiger partial charge < -0.3 is 14.4 Å². The van der Waals surface area contributed by atoms with E-state index in [1.807, 2.05) is 31.2 Å².